The number of carboxylic acid groups (broad SMARTS) is 3. The van der Waals surface area contributed by atoms with Gasteiger partial charge in [-0.3, -0.25) is 76.9 Å². The number of aliphatic imine (C=N–C) groups is 1. The smallest absolute Gasteiger partial charge is 0.326 e. The molecule has 0 spiro atoms. The van der Waals surface area contributed by atoms with Gasteiger partial charge in [0, 0.05) is 38.8 Å². The van der Waals surface area contributed by atoms with Gasteiger partial charge in [0.2, 0.25) is 76.8 Å². The first-order valence-corrected chi connectivity index (χ1v) is 32.3. The first-order valence-electron chi connectivity index (χ1n) is 30.9. The van der Waals surface area contributed by atoms with Gasteiger partial charge in [-0.05, 0) is 102 Å². The molecule has 0 aliphatic carbocycles. The summed E-state index contributed by atoms with van der Waals surface area (Å²) in [5.74, 6) is -17.7. The van der Waals surface area contributed by atoms with E-state index in [1.165, 1.54) is 23.6 Å². The average Bonchev–Trinajstić information content (AvgIpc) is 1.80. The zero-order chi connectivity index (χ0) is 72.6. The molecule has 38 heteroatoms. The van der Waals surface area contributed by atoms with Gasteiger partial charge in [-0.15, -0.1) is 0 Å². The molecule has 95 heavy (non-hydrogen) atoms. The highest BCUT2D eigenvalue weighted by atomic mass is 32.2. The number of primary amides is 2. The fourth-order valence-electron chi connectivity index (χ4n) is 9.25. The van der Waals surface area contributed by atoms with Crippen molar-refractivity contribution in [1.29, 1.82) is 0 Å². The number of aliphatic hydroxyl groups excluding tert-OH is 1. The highest BCUT2D eigenvalue weighted by Gasteiger charge is 2.42. The van der Waals surface area contributed by atoms with Crippen molar-refractivity contribution in [3.63, 3.8) is 0 Å². The fraction of sp³-hybridized carbons (Fsp3) is 0.702. The minimum atomic E-state index is -1.90. The molecule has 14 atom stereocenters. The van der Waals surface area contributed by atoms with Crippen LogP contribution in [0.3, 0.4) is 0 Å². The molecule has 536 valence electrons. The van der Waals surface area contributed by atoms with Crippen LogP contribution < -0.4 is 81.8 Å². The largest absolute Gasteiger partial charge is 0.481 e. The highest BCUT2D eigenvalue weighted by molar-refractivity contribution is 7.98. The number of likely N-dealkylation sites (tertiary alicyclic amines) is 1. The fourth-order valence-corrected chi connectivity index (χ4v) is 9.72. The second-order valence-electron chi connectivity index (χ2n) is 23.3. The SMILES string of the molecule is CC[C@H](C)[C@H](NC(=O)[C@H](C)NC(=O)[C@H](CCC(N)=O)NC(=O)[C@@H](NC(=O)[C@H](C)NC(=O)[C@H](CCC(N)=O)NC(=O)[C@H](CCC(=O)O)NC(=O)[C@@H](N)C(C)C)[C@@H](C)O)C(=O)N1CCC[C@H]1C(=O)N[C@@H](CCSC)C(=O)N[C@@H](CCC(=O)O)C(=O)N[C@@H](CCCN=C(N)N)C(=O)O. The summed E-state index contributed by atoms with van der Waals surface area (Å²) in [6.07, 6.45) is -3.49. The van der Waals surface area contributed by atoms with Gasteiger partial charge < -0.3 is 107 Å². The third kappa shape index (κ3) is 30.8. The summed E-state index contributed by atoms with van der Waals surface area (Å²) in [6.45, 7) is 10.1. The number of thioether (sulfide) groups is 1. The monoisotopic (exact) mass is 1370 g/mol. The van der Waals surface area contributed by atoms with E-state index >= 15 is 0 Å². The number of nitrogens with two attached hydrogens (primary N) is 5. The number of amides is 13. The third-order valence-electron chi connectivity index (χ3n) is 15.2. The molecule has 1 aliphatic rings. The second-order valence-corrected chi connectivity index (χ2v) is 24.3. The van der Waals surface area contributed by atoms with Gasteiger partial charge in [0.1, 0.15) is 66.5 Å². The summed E-state index contributed by atoms with van der Waals surface area (Å²) in [7, 11) is 0. The maximum atomic E-state index is 14.5. The maximum absolute atomic E-state index is 14.5. The van der Waals surface area contributed by atoms with Crippen molar-refractivity contribution < 1.29 is 97.1 Å². The molecule has 1 aliphatic heterocycles. The minimum Gasteiger partial charge on any atom is -0.481 e. The lowest BCUT2D eigenvalue weighted by molar-refractivity contribution is -0.144. The molecule has 0 saturated carbocycles. The van der Waals surface area contributed by atoms with E-state index in [1.54, 1.807) is 34.0 Å². The predicted octanol–water partition coefficient (Wildman–Crippen LogP) is -6.57. The number of hydrogen-bond acceptors (Lipinski definition) is 20. The molecular formula is C57H97N17O20S. The van der Waals surface area contributed by atoms with Crippen molar-refractivity contribution in [2.45, 2.75) is 217 Å². The zero-order valence-corrected chi connectivity index (χ0v) is 55.5. The number of carboxylic acids is 3. The molecule has 1 fully saturated rings. The van der Waals surface area contributed by atoms with Crippen molar-refractivity contribution in [1.82, 2.24) is 58.1 Å². The standard InChI is InChI=1S/C57H97N17O20S/c1-9-27(4)43(55(92)74-24-11-13-37(74)52(89)68-35(22-25-95-8)51(88)67-33(16-20-40(78)79)50(87)71-36(56(93)94)12-10-23-63-57(61)62)72-45(82)28(5)64-48(85)32(15-19-39(59)77)70-54(91)44(30(7)75)73-46(83)29(6)65-47(84)31(14-18-38(58)76)66-49(86)34(17-21-41(80)81)69-53(90)42(60)26(2)3/h26-37,42-44,75H,9-25,60H2,1-8H3,(H2,58,76)(H2,59,77)(H,64,85)(H,65,84)(H,66,86)(H,67,88)(H,68,89)(H,69,90)(H,70,91)(H,71,87)(H,72,82)(H,73,83)(H,78,79)(H,80,81)(H,93,94)(H4,61,62,63)/t27-,28-,29-,30+,31-,32-,33-,34-,35-,36-,37-,42-,43-,44-/m0/s1. The Hall–Kier alpha value is -8.94. The van der Waals surface area contributed by atoms with E-state index < -0.39 is 237 Å². The third-order valence-corrected chi connectivity index (χ3v) is 15.8. The Bertz CT molecular complexity index is 2750. The molecular weight excluding hydrogens is 1270 g/mol. The van der Waals surface area contributed by atoms with Crippen molar-refractivity contribution in [3.05, 3.63) is 0 Å². The summed E-state index contributed by atoms with van der Waals surface area (Å²) in [5, 5.41) is 63.2. The molecule has 0 unspecified atom stereocenters. The number of aliphatic carboxylic acids is 3. The molecule has 0 radical (unpaired) electrons. The Morgan fingerprint density at radius 1 is 0.516 bits per heavy atom. The van der Waals surface area contributed by atoms with E-state index in [1.807, 2.05) is 0 Å². The van der Waals surface area contributed by atoms with Crippen molar-refractivity contribution in [2.75, 3.05) is 25.1 Å². The summed E-state index contributed by atoms with van der Waals surface area (Å²) >= 11 is 1.30. The quantitative estimate of drug-likeness (QED) is 0.0153. The number of nitrogens with zero attached hydrogens (tertiary/aromatic N) is 2. The lowest BCUT2D eigenvalue weighted by Crippen LogP contribution is -2.62. The number of nitrogens with one attached hydrogen (secondary N) is 10. The highest BCUT2D eigenvalue weighted by Crippen LogP contribution is 2.23. The normalized spacial score (nSPS) is 16.8. The van der Waals surface area contributed by atoms with Gasteiger partial charge in [0.25, 0.3) is 0 Å². The summed E-state index contributed by atoms with van der Waals surface area (Å²) in [4.78, 5) is 215. The van der Waals surface area contributed by atoms with Crippen LogP contribution in [0.5, 0.6) is 0 Å². The average molecular weight is 1370 g/mol. The van der Waals surface area contributed by atoms with E-state index in [0.717, 1.165) is 13.8 Å². The Morgan fingerprint density at radius 3 is 1.33 bits per heavy atom. The van der Waals surface area contributed by atoms with Gasteiger partial charge in [0.05, 0.1) is 12.1 Å². The van der Waals surface area contributed by atoms with E-state index in [0.29, 0.717) is 12.8 Å². The number of carbonyl (C=O) groups is 16. The van der Waals surface area contributed by atoms with Crippen molar-refractivity contribution in [3.8, 4) is 0 Å². The van der Waals surface area contributed by atoms with Gasteiger partial charge in [-0.1, -0.05) is 34.1 Å². The number of aliphatic hydroxyl groups is 1. The maximum Gasteiger partial charge on any atom is 0.326 e. The molecule has 37 nitrogen and oxygen atoms in total. The first kappa shape index (κ1) is 84.1. The summed E-state index contributed by atoms with van der Waals surface area (Å²) in [5.41, 5.74) is 27.2. The Labute approximate surface area is 553 Å². The molecule has 24 N–H and O–H groups in total. The Kier molecular flexibility index (Phi) is 37.5. The van der Waals surface area contributed by atoms with E-state index in [4.69, 9.17) is 28.7 Å². The van der Waals surface area contributed by atoms with E-state index in [2.05, 4.69) is 58.2 Å². The molecule has 0 bridgehead atoms. The molecule has 1 saturated heterocycles. The van der Waals surface area contributed by atoms with Crippen LogP contribution in [-0.4, -0.2) is 230 Å². The summed E-state index contributed by atoms with van der Waals surface area (Å²) in [6, 6.07) is -17.9. The van der Waals surface area contributed by atoms with Crippen LogP contribution in [0, 0.1) is 11.8 Å². The number of rotatable bonds is 45. The molecule has 0 aromatic heterocycles. The molecule has 13 amide bonds. The molecule has 0 aromatic rings. The first-order chi connectivity index (χ1) is 44.4. The lowest BCUT2D eigenvalue weighted by atomic mass is 9.97. The minimum absolute atomic E-state index is 0.0144. The number of carbonyl (C=O) groups excluding carboxylic acids is 13. The van der Waals surface area contributed by atoms with Crippen LogP contribution in [0.1, 0.15) is 138 Å². The van der Waals surface area contributed by atoms with Gasteiger partial charge in [-0.2, -0.15) is 11.8 Å². The summed E-state index contributed by atoms with van der Waals surface area (Å²) < 4.78 is 0. The van der Waals surface area contributed by atoms with Crippen LogP contribution >= 0.6 is 11.8 Å². The lowest BCUT2D eigenvalue weighted by Gasteiger charge is -2.33. The van der Waals surface area contributed by atoms with Crippen LogP contribution in [0.2, 0.25) is 0 Å². The van der Waals surface area contributed by atoms with Crippen LogP contribution in [0.4, 0.5) is 0 Å². The topological polar surface area (TPSA) is 620 Å². The van der Waals surface area contributed by atoms with Gasteiger partial charge in [-0.25, -0.2) is 4.79 Å². The molecule has 0 aromatic carbocycles. The van der Waals surface area contributed by atoms with Crippen LogP contribution in [0.15, 0.2) is 4.99 Å². The van der Waals surface area contributed by atoms with Crippen molar-refractivity contribution in [2.24, 2.45) is 45.5 Å². The van der Waals surface area contributed by atoms with Crippen LogP contribution in [0.25, 0.3) is 0 Å². The van der Waals surface area contributed by atoms with Gasteiger partial charge >= 0.3 is 17.9 Å². The molecule has 1 heterocycles. The number of hydrogen-bond donors (Lipinski definition) is 19. The number of guanidine groups is 1. The Morgan fingerprint density at radius 2 is 0.926 bits per heavy atom. The van der Waals surface area contributed by atoms with Gasteiger partial charge in [0.15, 0.2) is 5.96 Å². The van der Waals surface area contributed by atoms with Crippen LogP contribution in [-0.2, 0) is 76.7 Å². The van der Waals surface area contributed by atoms with Crippen molar-refractivity contribution >= 4 is 112 Å². The zero-order valence-electron chi connectivity index (χ0n) is 54.7. The Balaban J connectivity index is 3.36. The predicted molar refractivity (Wildman–Crippen MR) is 340 cm³/mol. The molecule has 1 rings (SSSR count). The van der Waals surface area contributed by atoms with E-state index in [9.17, 15) is 97.1 Å². The van der Waals surface area contributed by atoms with E-state index in [-0.39, 0.29) is 50.5 Å². The second kappa shape index (κ2) is 42.4.